The number of amides is 3. The first-order valence-electron chi connectivity index (χ1n) is 7.21. The molecule has 4 heteroatoms. The van der Waals surface area contributed by atoms with Gasteiger partial charge in [-0.15, -0.1) is 0 Å². The molecule has 1 unspecified atom stereocenters. The van der Waals surface area contributed by atoms with Crippen molar-refractivity contribution in [1.29, 1.82) is 0 Å². The van der Waals surface area contributed by atoms with Crippen molar-refractivity contribution in [3.63, 3.8) is 0 Å². The molecular weight excluding hydrogens is 252 g/mol. The fourth-order valence-corrected chi connectivity index (χ4v) is 3.45. The van der Waals surface area contributed by atoms with Crippen LogP contribution in [0.3, 0.4) is 0 Å². The Hall–Kier alpha value is -1.84. The molecule has 1 aliphatic heterocycles. The molecule has 1 heterocycles. The van der Waals surface area contributed by atoms with E-state index in [1.54, 1.807) is 6.92 Å². The van der Waals surface area contributed by atoms with Crippen LogP contribution in [0, 0.1) is 0 Å². The Morgan fingerprint density at radius 1 is 1.35 bits per heavy atom. The Kier molecular flexibility index (Phi) is 3.04. The van der Waals surface area contributed by atoms with E-state index in [0.717, 1.165) is 19.3 Å². The molecule has 1 N–H and O–H groups in total. The summed E-state index contributed by atoms with van der Waals surface area (Å²) in [4.78, 5) is 25.4. The van der Waals surface area contributed by atoms with Gasteiger partial charge in [0.1, 0.15) is 6.04 Å². The third-order valence-corrected chi connectivity index (χ3v) is 4.57. The molecule has 0 bridgehead atoms. The van der Waals surface area contributed by atoms with Crippen LogP contribution in [-0.4, -0.2) is 29.4 Å². The molecular formula is C16H20N2O2. The molecule has 0 radical (unpaired) electrons. The lowest BCUT2D eigenvalue weighted by molar-refractivity contribution is -0.127. The minimum atomic E-state index is -0.398. The number of hydrogen-bond acceptors (Lipinski definition) is 2. The van der Waals surface area contributed by atoms with Gasteiger partial charge in [-0.1, -0.05) is 31.2 Å². The van der Waals surface area contributed by atoms with E-state index in [1.165, 1.54) is 16.0 Å². The Bertz CT molecular complexity index is 569. The van der Waals surface area contributed by atoms with Crippen LogP contribution in [0.15, 0.2) is 24.3 Å². The number of carbonyl (C=O) groups excluding carboxylic acids is 2. The number of carbonyl (C=O) groups is 2. The molecule has 3 rings (SSSR count). The Labute approximate surface area is 119 Å². The van der Waals surface area contributed by atoms with E-state index < -0.39 is 6.04 Å². The number of imide groups is 1. The van der Waals surface area contributed by atoms with Gasteiger partial charge in [0.25, 0.3) is 5.91 Å². The predicted octanol–water partition coefficient (Wildman–Crippen LogP) is 2.22. The quantitative estimate of drug-likeness (QED) is 0.839. The van der Waals surface area contributed by atoms with Crippen LogP contribution >= 0.6 is 0 Å². The van der Waals surface area contributed by atoms with E-state index in [2.05, 4.69) is 30.4 Å². The molecule has 0 saturated carbocycles. The van der Waals surface area contributed by atoms with Crippen molar-refractivity contribution in [2.45, 2.75) is 44.6 Å². The predicted molar refractivity (Wildman–Crippen MR) is 76.4 cm³/mol. The topological polar surface area (TPSA) is 49.4 Å². The van der Waals surface area contributed by atoms with Gasteiger partial charge in [0.2, 0.25) is 0 Å². The highest BCUT2D eigenvalue weighted by Gasteiger charge is 2.41. The number of nitrogens with zero attached hydrogens (tertiary/aromatic N) is 1. The number of urea groups is 1. The van der Waals surface area contributed by atoms with E-state index in [-0.39, 0.29) is 17.4 Å². The van der Waals surface area contributed by atoms with Crippen molar-refractivity contribution in [3.05, 3.63) is 35.4 Å². The van der Waals surface area contributed by atoms with Gasteiger partial charge in [-0.2, -0.15) is 0 Å². The molecule has 1 fully saturated rings. The third-order valence-electron chi connectivity index (χ3n) is 4.57. The summed E-state index contributed by atoms with van der Waals surface area (Å²) in [6, 6.07) is 7.73. The average molecular weight is 272 g/mol. The van der Waals surface area contributed by atoms with Crippen LogP contribution in [0.5, 0.6) is 0 Å². The lowest BCUT2D eigenvalue weighted by atomic mass is 9.71. The van der Waals surface area contributed by atoms with Crippen molar-refractivity contribution in [2.24, 2.45) is 0 Å². The molecule has 2 aliphatic rings. The molecule has 1 saturated heterocycles. The molecule has 20 heavy (non-hydrogen) atoms. The van der Waals surface area contributed by atoms with Crippen LogP contribution in [0.1, 0.15) is 37.8 Å². The van der Waals surface area contributed by atoms with Crippen molar-refractivity contribution in [3.8, 4) is 0 Å². The number of benzene rings is 1. The molecule has 3 amide bonds. The normalized spacial score (nSPS) is 29.3. The SMILES string of the molecule is C[C@@H]1NC(=O)N(CC2(C)CCCc3ccccc32)C1=O. The summed E-state index contributed by atoms with van der Waals surface area (Å²) in [6.07, 6.45) is 3.20. The molecule has 0 spiro atoms. The average Bonchev–Trinajstić information content (AvgIpc) is 2.66. The van der Waals surface area contributed by atoms with Gasteiger partial charge < -0.3 is 5.32 Å². The first kappa shape index (κ1) is 13.2. The summed E-state index contributed by atoms with van der Waals surface area (Å²) in [5.74, 6) is -0.112. The Morgan fingerprint density at radius 2 is 2.10 bits per heavy atom. The molecule has 106 valence electrons. The highest BCUT2D eigenvalue weighted by Crippen LogP contribution is 2.38. The van der Waals surface area contributed by atoms with E-state index in [0.29, 0.717) is 6.54 Å². The van der Waals surface area contributed by atoms with Gasteiger partial charge in [0.05, 0.1) is 0 Å². The molecule has 1 aromatic carbocycles. The molecule has 2 atom stereocenters. The largest absolute Gasteiger partial charge is 0.326 e. The minimum Gasteiger partial charge on any atom is -0.326 e. The molecule has 0 aromatic heterocycles. The summed E-state index contributed by atoms with van der Waals surface area (Å²) >= 11 is 0. The zero-order valence-electron chi connectivity index (χ0n) is 12.0. The standard InChI is InChI=1S/C16H20N2O2/c1-11-14(19)18(15(20)17-11)10-16(2)9-5-7-12-6-3-4-8-13(12)16/h3-4,6,8,11H,5,7,9-10H2,1-2H3,(H,17,20)/t11-,16?/m0/s1. The first-order valence-corrected chi connectivity index (χ1v) is 7.21. The monoisotopic (exact) mass is 272 g/mol. The molecule has 1 aromatic rings. The number of rotatable bonds is 2. The second-order valence-electron chi connectivity index (χ2n) is 6.17. The summed E-state index contributed by atoms with van der Waals surface area (Å²) in [5.41, 5.74) is 2.50. The zero-order valence-corrected chi connectivity index (χ0v) is 12.0. The van der Waals surface area contributed by atoms with Crippen LogP contribution < -0.4 is 5.32 Å². The zero-order chi connectivity index (χ0) is 14.3. The van der Waals surface area contributed by atoms with Crippen molar-refractivity contribution < 1.29 is 9.59 Å². The molecule has 4 nitrogen and oxygen atoms in total. The Morgan fingerprint density at radius 3 is 2.80 bits per heavy atom. The highest BCUT2D eigenvalue weighted by atomic mass is 16.2. The van der Waals surface area contributed by atoms with Crippen molar-refractivity contribution in [2.75, 3.05) is 6.54 Å². The lowest BCUT2D eigenvalue weighted by Gasteiger charge is -2.38. The summed E-state index contributed by atoms with van der Waals surface area (Å²) in [7, 11) is 0. The van der Waals surface area contributed by atoms with Crippen molar-refractivity contribution >= 4 is 11.9 Å². The van der Waals surface area contributed by atoms with Crippen LogP contribution in [0.25, 0.3) is 0 Å². The number of fused-ring (bicyclic) bond motifs is 1. The summed E-state index contributed by atoms with van der Waals surface area (Å²) in [6.45, 7) is 4.37. The second-order valence-corrected chi connectivity index (χ2v) is 6.17. The molecule has 1 aliphatic carbocycles. The smallest absolute Gasteiger partial charge is 0.324 e. The Balaban J connectivity index is 1.91. The number of aryl methyl sites for hydroxylation is 1. The highest BCUT2D eigenvalue weighted by molar-refractivity contribution is 6.04. The lowest BCUT2D eigenvalue weighted by Crippen LogP contribution is -2.44. The minimum absolute atomic E-state index is 0.112. The van der Waals surface area contributed by atoms with Crippen molar-refractivity contribution in [1.82, 2.24) is 10.2 Å². The fourth-order valence-electron chi connectivity index (χ4n) is 3.45. The van der Waals surface area contributed by atoms with Gasteiger partial charge in [0.15, 0.2) is 0 Å². The maximum absolute atomic E-state index is 12.1. The summed E-state index contributed by atoms with van der Waals surface area (Å²) < 4.78 is 0. The third kappa shape index (κ3) is 1.99. The van der Waals surface area contributed by atoms with E-state index in [4.69, 9.17) is 0 Å². The number of hydrogen-bond donors (Lipinski definition) is 1. The van der Waals surface area contributed by atoms with Gasteiger partial charge in [-0.05, 0) is 37.3 Å². The van der Waals surface area contributed by atoms with Gasteiger partial charge in [-0.25, -0.2) is 4.79 Å². The van der Waals surface area contributed by atoms with Gasteiger partial charge in [-0.3, -0.25) is 9.69 Å². The van der Waals surface area contributed by atoms with E-state index in [9.17, 15) is 9.59 Å². The van der Waals surface area contributed by atoms with Crippen LogP contribution in [0.4, 0.5) is 4.79 Å². The fraction of sp³-hybridized carbons (Fsp3) is 0.500. The maximum Gasteiger partial charge on any atom is 0.324 e. The van der Waals surface area contributed by atoms with Gasteiger partial charge in [0, 0.05) is 12.0 Å². The number of nitrogens with one attached hydrogen (secondary N) is 1. The summed E-state index contributed by atoms with van der Waals surface area (Å²) in [5, 5.41) is 2.68. The first-order chi connectivity index (χ1) is 9.51. The van der Waals surface area contributed by atoms with Crippen LogP contribution in [-0.2, 0) is 16.6 Å². The second kappa shape index (κ2) is 4.62. The maximum atomic E-state index is 12.1. The van der Waals surface area contributed by atoms with E-state index >= 15 is 0 Å². The van der Waals surface area contributed by atoms with E-state index in [1.807, 2.05) is 6.07 Å². The van der Waals surface area contributed by atoms with Crippen LogP contribution in [0.2, 0.25) is 0 Å². The van der Waals surface area contributed by atoms with Gasteiger partial charge >= 0.3 is 6.03 Å².